The summed E-state index contributed by atoms with van der Waals surface area (Å²) in [6.07, 6.45) is 3.63. The summed E-state index contributed by atoms with van der Waals surface area (Å²) in [5.74, 6) is 1.12. The molecule has 1 aliphatic heterocycles. The first kappa shape index (κ1) is 7.42. The van der Waals surface area contributed by atoms with Gasteiger partial charge in [-0.2, -0.15) is 0 Å². The van der Waals surface area contributed by atoms with Crippen LogP contribution < -0.4 is 0 Å². The van der Waals surface area contributed by atoms with Gasteiger partial charge in [-0.1, -0.05) is 6.58 Å². The average Bonchev–Trinajstić information content (AvgIpc) is 2.69. The molecule has 2 aliphatic carbocycles. The molecule has 1 saturated heterocycles. The predicted octanol–water partition coefficient (Wildman–Crippen LogP) is 1.10. The monoisotopic (exact) mass is 180 g/mol. The van der Waals surface area contributed by atoms with Crippen molar-refractivity contribution in [1.82, 2.24) is 0 Å². The van der Waals surface area contributed by atoms with E-state index in [4.69, 9.17) is 9.47 Å². The van der Waals surface area contributed by atoms with Crippen LogP contribution >= 0.6 is 0 Å². The molecule has 3 rings (SSSR count). The highest BCUT2D eigenvalue weighted by Gasteiger charge is 2.62. The van der Waals surface area contributed by atoms with Crippen LogP contribution in [0.3, 0.4) is 0 Å². The number of hydrogen-bond acceptors (Lipinski definition) is 3. The molecule has 3 heteroatoms. The first-order valence-corrected chi connectivity index (χ1v) is 4.78. The number of esters is 1. The molecular weight excluding hydrogens is 168 g/mol. The zero-order chi connectivity index (χ0) is 9.00. The summed E-state index contributed by atoms with van der Waals surface area (Å²) in [5.41, 5.74) is 0. The standard InChI is InChI=1S/C10H12O3/c1-2-12-8-5-3-6-7(4-5)10(11)13-9(6)8/h2,5-9H,1,3-4H2. The van der Waals surface area contributed by atoms with Crippen molar-refractivity contribution in [2.24, 2.45) is 17.8 Å². The Morgan fingerprint density at radius 3 is 3.15 bits per heavy atom. The molecule has 0 spiro atoms. The fourth-order valence-electron chi connectivity index (χ4n) is 3.20. The Morgan fingerprint density at radius 1 is 1.54 bits per heavy atom. The van der Waals surface area contributed by atoms with E-state index < -0.39 is 0 Å². The van der Waals surface area contributed by atoms with Gasteiger partial charge in [0.2, 0.25) is 0 Å². The zero-order valence-corrected chi connectivity index (χ0v) is 7.31. The molecular formula is C10H12O3. The lowest BCUT2D eigenvalue weighted by Crippen LogP contribution is -2.32. The van der Waals surface area contributed by atoms with Gasteiger partial charge in [0, 0.05) is 11.8 Å². The van der Waals surface area contributed by atoms with Gasteiger partial charge < -0.3 is 9.47 Å². The van der Waals surface area contributed by atoms with E-state index in [1.807, 2.05) is 0 Å². The Bertz CT molecular complexity index is 273. The van der Waals surface area contributed by atoms with Gasteiger partial charge in [-0.15, -0.1) is 0 Å². The fraction of sp³-hybridized carbons (Fsp3) is 0.700. The minimum atomic E-state index is -0.00679. The van der Waals surface area contributed by atoms with E-state index in [1.165, 1.54) is 6.26 Å². The van der Waals surface area contributed by atoms with E-state index in [9.17, 15) is 4.79 Å². The molecule has 3 nitrogen and oxygen atoms in total. The summed E-state index contributed by atoms with van der Waals surface area (Å²) in [5, 5.41) is 0. The third-order valence-electron chi connectivity index (χ3n) is 3.67. The summed E-state index contributed by atoms with van der Waals surface area (Å²) in [4.78, 5) is 11.3. The molecule has 3 fully saturated rings. The third-order valence-corrected chi connectivity index (χ3v) is 3.67. The van der Waals surface area contributed by atoms with Crippen molar-refractivity contribution in [2.45, 2.75) is 25.0 Å². The van der Waals surface area contributed by atoms with Gasteiger partial charge in [0.15, 0.2) is 0 Å². The second-order valence-corrected chi connectivity index (χ2v) is 4.17. The minimum absolute atomic E-state index is 0.00679. The Morgan fingerprint density at radius 2 is 2.38 bits per heavy atom. The molecule has 13 heavy (non-hydrogen) atoms. The third kappa shape index (κ3) is 0.773. The quantitative estimate of drug-likeness (QED) is 0.471. The van der Waals surface area contributed by atoms with Crippen molar-refractivity contribution < 1.29 is 14.3 Å². The van der Waals surface area contributed by atoms with Crippen LogP contribution in [0.1, 0.15) is 12.8 Å². The summed E-state index contributed by atoms with van der Waals surface area (Å²) in [6.45, 7) is 3.55. The van der Waals surface area contributed by atoms with Crippen LogP contribution in [0, 0.1) is 17.8 Å². The van der Waals surface area contributed by atoms with Gasteiger partial charge in [0.1, 0.15) is 12.2 Å². The van der Waals surface area contributed by atoms with Gasteiger partial charge in [-0.05, 0) is 12.8 Å². The predicted molar refractivity (Wildman–Crippen MR) is 44.7 cm³/mol. The lowest BCUT2D eigenvalue weighted by Gasteiger charge is -2.24. The Kier molecular flexibility index (Phi) is 1.30. The molecule has 0 aromatic carbocycles. The highest BCUT2D eigenvalue weighted by Crippen LogP contribution is 2.55. The van der Waals surface area contributed by atoms with Gasteiger partial charge >= 0.3 is 5.97 Å². The van der Waals surface area contributed by atoms with Crippen molar-refractivity contribution in [3.05, 3.63) is 12.8 Å². The molecule has 2 bridgehead atoms. The van der Waals surface area contributed by atoms with Crippen molar-refractivity contribution in [3.8, 4) is 0 Å². The normalized spacial score (nSPS) is 50.8. The van der Waals surface area contributed by atoms with Gasteiger partial charge in [0.05, 0.1) is 12.2 Å². The topological polar surface area (TPSA) is 35.5 Å². The number of hydrogen-bond donors (Lipinski definition) is 0. The van der Waals surface area contributed by atoms with Crippen LogP contribution in [0.4, 0.5) is 0 Å². The smallest absolute Gasteiger partial charge is 0.309 e. The van der Waals surface area contributed by atoms with Crippen molar-refractivity contribution >= 4 is 5.97 Å². The van der Waals surface area contributed by atoms with E-state index in [1.54, 1.807) is 0 Å². The number of rotatable bonds is 2. The molecule has 0 aromatic heterocycles. The molecule has 5 unspecified atom stereocenters. The van der Waals surface area contributed by atoms with E-state index in [0.29, 0.717) is 11.8 Å². The molecule has 0 radical (unpaired) electrons. The first-order valence-electron chi connectivity index (χ1n) is 4.78. The molecule has 1 heterocycles. The highest BCUT2D eigenvalue weighted by molar-refractivity contribution is 5.76. The van der Waals surface area contributed by atoms with Crippen LogP contribution in [0.25, 0.3) is 0 Å². The fourth-order valence-corrected chi connectivity index (χ4v) is 3.20. The number of ether oxygens (including phenoxy) is 2. The molecule has 70 valence electrons. The number of carbonyl (C=O) groups is 1. The van der Waals surface area contributed by atoms with Crippen molar-refractivity contribution in [2.75, 3.05) is 0 Å². The van der Waals surface area contributed by atoms with E-state index in [0.717, 1.165) is 12.8 Å². The van der Waals surface area contributed by atoms with Gasteiger partial charge in [-0.3, -0.25) is 4.79 Å². The highest BCUT2D eigenvalue weighted by atomic mass is 16.6. The molecule has 0 N–H and O–H groups in total. The lowest BCUT2D eigenvalue weighted by molar-refractivity contribution is -0.145. The zero-order valence-electron chi connectivity index (χ0n) is 7.31. The van der Waals surface area contributed by atoms with Crippen LogP contribution in [-0.2, 0) is 14.3 Å². The lowest BCUT2D eigenvalue weighted by atomic mass is 9.88. The van der Waals surface area contributed by atoms with Crippen LogP contribution in [0.15, 0.2) is 12.8 Å². The Hall–Kier alpha value is -0.990. The Balaban J connectivity index is 1.90. The minimum Gasteiger partial charge on any atom is -0.494 e. The SMILES string of the molecule is C=COC1C2CC3C(=O)OC1C3C2. The van der Waals surface area contributed by atoms with Crippen LogP contribution in [-0.4, -0.2) is 18.2 Å². The maximum atomic E-state index is 11.3. The summed E-state index contributed by atoms with van der Waals surface area (Å²) in [7, 11) is 0. The molecule has 0 amide bonds. The van der Waals surface area contributed by atoms with Crippen molar-refractivity contribution in [3.63, 3.8) is 0 Å². The van der Waals surface area contributed by atoms with Crippen LogP contribution in [0.5, 0.6) is 0 Å². The summed E-state index contributed by atoms with van der Waals surface area (Å²) < 4.78 is 10.7. The maximum Gasteiger partial charge on any atom is 0.309 e. The Labute approximate surface area is 76.7 Å². The van der Waals surface area contributed by atoms with Gasteiger partial charge in [-0.25, -0.2) is 0 Å². The van der Waals surface area contributed by atoms with Gasteiger partial charge in [0.25, 0.3) is 0 Å². The largest absolute Gasteiger partial charge is 0.494 e. The number of fused-ring (bicyclic) bond motifs is 1. The number of carbonyl (C=O) groups excluding carboxylic acids is 1. The second kappa shape index (κ2) is 2.28. The summed E-state index contributed by atoms with van der Waals surface area (Å²) in [6, 6.07) is 0. The first-order chi connectivity index (χ1) is 6.31. The van der Waals surface area contributed by atoms with Crippen LogP contribution in [0.2, 0.25) is 0 Å². The van der Waals surface area contributed by atoms with E-state index in [-0.39, 0.29) is 24.1 Å². The average molecular weight is 180 g/mol. The van der Waals surface area contributed by atoms with Crippen molar-refractivity contribution in [1.29, 1.82) is 0 Å². The maximum absolute atomic E-state index is 11.3. The molecule has 3 aliphatic rings. The van der Waals surface area contributed by atoms with E-state index in [2.05, 4.69) is 6.58 Å². The molecule has 5 atom stereocenters. The molecule has 2 saturated carbocycles. The van der Waals surface area contributed by atoms with E-state index >= 15 is 0 Å². The second-order valence-electron chi connectivity index (χ2n) is 4.17. The summed E-state index contributed by atoms with van der Waals surface area (Å²) >= 11 is 0. The molecule has 0 aromatic rings.